The number of carbonyl (C=O) groups is 1. The summed E-state index contributed by atoms with van der Waals surface area (Å²) < 4.78 is 13.7. The van der Waals surface area contributed by atoms with E-state index >= 15 is 0 Å². The number of aromatic nitrogens is 2. The highest BCUT2D eigenvalue weighted by molar-refractivity contribution is 5.93. The van der Waals surface area contributed by atoms with Crippen molar-refractivity contribution >= 4 is 17.4 Å². The van der Waals surface area contributed by atoms with Crippen LogP contribution in [0.2, 0.25) is 0 Å². The highest BCUT2D eigenvalue weighted by atomic mass is 19.1. The van der Waals surface area contributed by atoms with Gasteiger partial charge in [-0.05, 0) is 38.0 Å². The second-order valence-electron chi connectivity index (χ2n) is 6.35. The zero-order chi connectivity index (χ0) is 19.4. The van der Waals surface area contributed by atoms with Crippen molar-refractivity contribution in [3.8, 4) is 0 Å². The first-order chi connectivity index (χ1) is 12.9. The van der Waals surface area contributed by atoms with Crippen molar-refractivity contribution in [1.82, 2.24) is 15.3 Å². The highest BCUT2D eigenvalue weighted by Gasteiger charge is 2.12. The number of aryl methyl sites for hydroxylation is 3. The summed E-state index contributed by atoms with van der Waals surface area (Å²) in [6, 6.07) is 13.9. The molecule has 1 aromatic heterocycles. The second-order valence-corrected chi connectivity index (χ2v) is 6.35. The van der Waals surface area contributed by atoms with E-state index < -0.39 is 0 Å². The summed E-state index contributed by atoms with van der Waals surface area (Å²) in [6.07, 6.45) is 0. The number of hydrogen-bond donors (Lipinski definition) is 2. The molecule has 0 saturated heterocycles. The zero-order valence-corrected chi connectivity index (χ0v) is 15.5. The molecule has 0 atom stereocenters. The average molecular weight is 364 g/mol. The molecule has 0 radical (unpaired) electrons. The molecule has 6 heteroatoms. The van der Waals surface area contributed by atoms with E-state index in [1.54, 1.807) is 31.2 Å². The first-order valence-electron chi connectivity index (χ1n) is 8.64. The van der Waals surface area contributed by atoms with Gasteiger partial charge in [0.2, 0.25) is 0 Å². The molecule has 3 rings (SSSR count). The predicted molar refractivity (Wildman–Crippen MR) is 104 cm³/mol. The van der Waals surface area contributed by atoms with Gasteiger partial charge in [-0.25, -0.2) is 14.4 Å². The molecule has 0 aliphatic heterocycles. The Kier molecular flexibility index (Phi) is 5.45. The van der Waals surface area contributed by atoms with E-state index in [1.807, 2.05) is 32.0 Å². The van der Waals surface area contributed by atoms with E-state index in [-0.39, 0.29) is 24.0 Å². The first-order valence-corrected chi connectivity index (χ1v) is 8.64. The van der Waals surface area contributed by atoms with Gasteiger partial charge in [0.1, 0.15) is 23.2 Å². The maximum Gasteiger partial charge on any atom is 0.270 e. The van der Waals surface area contributed by atoms with Crippen molar-refractivity contribution in [2.24, 2.45) is 0 Å². The summed E-state index contributed by atoms with van der Waals surface area (Å²) in [5, 5.41) is 5.97. The normalized spacial score (nSPS) is 10.5. The van der Waals surface area contributed by atoms with Crippen LogP contribution in [-0.4, -0.2) is 15.9 Å². The Hall–Kier alpha value is -3.28. The van der Waals surface area contributed by atoms with Crippen molar-refractivity contribution in [2.75, 3.05) is 5.32 Å². The minimum atomic E-state index is -0.381. The number of halogens is 1. The van der Waals surface area contributed by atoms with Crippen LogP contribution in [-0.2, 0) is 6.54 Å². The Labute approximate surface area is 157 Å². The van der Waals surface area contributed by atoms with Crippen molar-refractivity contribution in [1.29, 1.82) is 0 Å². The molecule has 1 heterocycles. The number of benzene rings is 2. The van der Waals surface area contributed by atoms with Crippen LogP contribution in [0, 0.1) is 26.6 Å². The van der Waals surface area contributed by atoms with Crippen LogP contribution in [0.4, 0.5) is 15.9 Å². The third-order valence-electron chi connectivity index (χ3n) is 4.20. The van der Waals surface area contributed by atoms with Crippen molar-refractivity contribution in [3.05, 3.63) is 82.6 Å². The lowest BCUT2D eigenvalue weighted by atomic mass is 10.1. The Balaban J connectivity index is 1.78. The van der Waals surface area contributed by atoms with E-state index in [0.29, 0.717) is 17.2 Å². The summed E-state index contributed by atoms with van der Waals surface area (Å²) in [4.78, 5) is 21.0. The number of amides is 1. The van der Waals surface area contributed by atoms with Gasteiger partial charge >= 0.3 is 0 Å². The van der Waals surface area contributed by atoms with Crippen LogP contribution >= 0.6 is 0 Å². The molecule has 27 heavy (non-hydrogen) atoms. The number of hydrogen-bond acceptors (Lipinski definition) is 4. The van der Waals surface area contributed by atoms with Gasteiger partial charge in [0, 0.05) is 23.9 Å². The third kappa shape index (κ3) is 4.47. The van der Waals surface area contributed by atoms with E-state index in [2.05, 4.69) is 20.6 Å². The topological polar surface area (TPSA) is 66.9 Å². The fraction of sp³-hybridized carbons (Fsp3) is 0.190. The average Bonchev–Trinajstić information content (AvgIpc) is 2.63. The Morgan fingerprint density at radius 3 is 2.41 bits per heavy atom. The smallest absolute Gasteiger partial charge is 0.270 e. The van der Waals surface area contributed by atoms with Crippen molar-refractivity contribution < 1.29 is 9.18 Å². The van der Waals surface area contributed by atoms with Crippen LogP contribution < -0.4 is 10.6 Å². The molecule has 1 amide bonds. The summed E-state index contributed by atoms with van der Waals surface area (Å²) in [6.45, 7) is 5.83. The number of nitrogens with one attached hydrogen (secondary N) is 2. The molecular weight excluding hydrogens is 343 g/mol. The minimum absolute atomic E-state index is 0.0915. The van der Waals surface area contributed by atoms with Crippen LogP contribution in [0.25, 0.3) is 0 Å². The summed E-state index contributed by atoms with van der Waals surface area (Å²) in [5.74, 6) is 0.278. The molecule has 3 aromatic rings. The zero-order valence-electron chi connectivity index (χ0n) is 15.5. The monoisotopic (exact) mass is 364 g/mol. The summed E-state index contributed by atoms with van der Waals surface area (Å²) >= 11 is 0. The molecule has 5 nitrogen and oxygen atoms in total. The van der Waals surface area contributed by atoms with Crippen LogP contribution in [0.3, 0.4) is 0 Å². The summed E-state index contributed by atoms with van der Waals surface area (Å²) in [7, 11) is 0. The first kappa shape index (κ1) is 18.5. The predicted octanol–water partition coefficient (Wildman–Crippen LogP) is 4.21. The van der Waals surface area contributed by atoms with Gasteiger partial charge in [-0.3, -0.25) is 4.79 Å². The molecule has 0 saturated carbocycles. The molecule has 0 unspecified atom stereocenters. The molecule has 0 aliphatic carbocycles. The van der Waals surface area contributed by atoms with Gasteiger partial charge in [0.05, 0.1) is 0 Å². The number of carbonyl (C=O) groups excluding carboxylic acids is 1. The van der Waals surface area contributed by atoms with Gasteiger partial charge in [-0.15, -0.1) is 0 Å². The Morgan fingerprint density at radius 2 is 1.70 bits per heavy atom. The van der Waals surface area contributed by atoms with Crippen LogP contribution in [0.1, 0.15) is 33.0 Å². The quantitative estimate of drug-likeness (QED) is 0.711. The molecule has 0 bridgehead atoms. The maximum atomic E-state index is 13.7. The van der Waals surface area contributed by atoms with Gasteiger partial charge in [-0.1, -0.05) is 36.4 Å². The van der Waals surface area contributed by atoms with Gasteiger partial charge in [0.15, 0.2) is 0 Å². The van der Waals surface area contributed by atoms with E-state index in [1.165, 1.54) is 6.07 Å². The highest BCUT2D eigenvalue weighted by Crippen LogP contribution is 2.23. The van der Waals surface area contributed by atoms with Crippen LogP contribution in [0.5, 0.6) is 0 Å². The number of rotatable bonds is 5. The van der Waals surface area contributed by atoms with Crippen molar-refractivity contribution in [3.63, 3.8) is 0 Å². The third-order valence-corrected chi connectivity index (χ3v) is 4.20. The SMILES string of the molecule is Cc1nc(Nc2c(C)cccc2C)cc(C(=O)NCc2ccccc2F)n1. The largest absolute Gasteiger partial charge is 0.347 e. The maximum absolute atomic E-state index is 13.7. The lowest BCUT2D eigenvalue weighted by Crippen LogP contribution is -2.25. The van der Waals surface area contributed by atoms with Gasteiger partial charge in [-0.2, -0.15) is 0 Å². The van der Waals surface area contributed by atoms with E-state index in [0.717, 1.165) is 16.8 Å². The molecule has 0 aliphatic rings. The fourth-order valence-corrected chi connectivity index (χ4v) is 2.80. The molecular formula is C21H21FN4O. The fourth-order valence-electron chi connectivity index (χ4n) is 2.80. The molecule has 2 N–H and O–H groups in total. The molecule has 0 fully saturated rings. The number of para-hydroxylation sites is 1. The lowest BCUT2D eigenvalue weighted by molar-refractivity contribution is 0.0945. The lowest BCUT2D eigenvalue weighted by Gasteiger charge is -2.13. The minimum Gasteiger partial charge on any atom is -0.347 e. The van der Waals surface area contributed by atoms with Gasteiger partial charge < -0.3 is 10.6 Å². The number of nitrogens with zero attached hydrogens (tertiary/aromatic N) is 2. The number of anilines is 2. The summed E-state index contributed by atoms with van der Waals surface area (Å²) in [5.41, 5.74) is 3.76. The van der Waals surface area contributed by atoms with E-state index in [9.17, 15) is 9.18 Å². The van der Waals surface area contributed by atoms with Gasteiger partial charge in [0.25, 0.3) is 5.91 Å². The Morgan fingerprint density at radius 1 is 1.00 bits per heavy atom. The molecule has 2 aromatic carbocycles. The molecule has 0 spiro atoms. The van der Waals surface area contributed by atoms with Crippen LogP contribution in [0.15, 0.2) is 48.5 Å². The Bertz CT molecular complexity index is 967. The van der Waals surface area contributed by atoms with Crippen molar-refractivity contribution in [2.45, 2.75) is 27.3 Å². The second kappa shape index (κ2) is 7.95. The molecule has 138 valence electrons. The van der Waals surface area contributed by atoms with E-state index in [4.69, 9.17) is 0 Å². The standard InChI is InChI=1S/C21H21FN4O/c1-13-7-6-8-14(2)20(13)26-19-11-18(24-15(3)25-19)21(27)23-12-16-9-4-5-10-17(16)22/h4-11H,12H2,1-3H3,(H,23,27)(H,24,25,26).